The first kappa shape index (κ1) is 21.5. The quantitative estimate of drug-likeness (QED) is 0.446. The summed E-state index contributed by atoms with van der Waals surface area (Å²) in [5.74, 6) is 1.44. The molecule has 31 heavy (non-hydrogen) atoms. The lowest BCUT2D eigenvalue weighted by Crippen LogP contribution is -2.36. The predicted octanol–water partition coefficient (Wildman–Crippen LogP) is 3.59. The summed E-state index contributed by atoms with van der Waals surface area (Å²) in [6, 6.07) is 15.2. The Kier molecular flexibility index (Phi) is 7.01. The highest BCUT2D eigenvalue weighted by Crippen LogP contribution is 2.29. The molecule has 1 aliphatic rings. The van der Waals surface area contributed by atoms with Gasteiger partial charge in [0, 0.05) is 24.2 Å². The predicted molar refractivity (Wildman–Crippen MR) is 123 cm³/mol. The van der Waals surface area contributed by atoms with Gasteiger partial charge in [0.2, 0.25) is 5.91 Å². The zero-order chi connectivity index (χ0) is 21.6. The van der Waals surface area contributed by atoms with Crippen LogP contribution >= 0.6 is 11.8 Å². The summed E-state index contributed by atoms with van der Waals surface area (Å²) in [6.45, 7) is 5.78. The van der Waals surface area contributed by atoms with Gasteiger partial charge in [0.15, 0.2) is 0 Å². The second-order valence-electron chi connectivity index (χ2n) is 7.33. The Morgan fingerprint density at radius 1 is 1.16 bits per heavy atom. The first-order valence-electron chi connectivity index (χ1n) is 10.3. The number of nitrogens with one attached hydrogen (secondary N) is 1. The Labute approximate surface area is 186 Å². The Morgan fingerprint density at radius 2 is 1.90 bits per heavy atom. The van der Waals surface area contributed by atoms with E-state index in [0.29, 0.717) is 6.54 Å². The zero-order valence-electron chi connectivity index (χ0n) is 17.7. The summed E-state index contributed by atoms with van der Waals surface area (Å²) in [5.41, 5.74) is 1.63. The highest BCUT2D eigenvalue weighted by molar-refractivity contribution is 8.00. The average molecular weight is 439 g/mol. The van der Waals surface area contributed by atoms with Crippen molar-refractivity contribution >= 4 is 34.3 Å². The number of anilines is 1. The number of rotatable bonds is 7. The van der Waals surface area contributed by atoms with Gasteiger partial charge in [0.25, 0.3) is 0 Å². The standard InChI is InChI=1S/C23H26N4O3S/c1-16(22(28)24-17-7-9-18(29-2)10-8-17)31-23-19-5-3-4-6-20(19)25-21(26-23)15-27-11-13-30-14-12-27/h3-10,16H,11-15H2,1-2H3,(H,24,28)/t16-/m0/s1. The van der Waals surface area contributed by atoms with Crippen molar-refractivity contribution in [1.82, 2.24) is 14.9 Å². The van der Waals surface area contributed by atoms with Crippen LogP contribution in [0, 0.1) is 0 Å². The summed E-state index contributed by atoms with van der Waals surface area (Å²) >= 11 is 1.45. The number of nitrogens with zero attached hydrogens (tertiary/aromatic N) is 3. The minimum atomic E-state index is -0.323. The van der Waals surface area contributed by atoms with Gasteiger partial charge in [-0.2, -0.15) is 0 Å². The Hall–Kier alpha value is -2.68. The molecule has 1 aliphatic heterocycles. The number of thioether (sulfide) groups is 1. The summed E-state index contributed by atoms with van der Waals surface area (Å²) in [6.07, 6.45) is 0. The molecule has 0 aliphatic carbocycles. The maximum absolute atomic E-state index is 12.8. The first-order chi connectivity index (χ1) is 15.1. The fourth-order valence-electron chi connectivity index (χ4n) is 3.35. The molecule has 1 aromatic heterocycles. The van der Waals surface area contributed by atoms with Crippen molar-refractivity contribution in [2.45, 2.75) is 23.7 Å². The van der Waals surface area contributed by atoms with Crippen LogP contribution in [0.25, 0.3) is 10.9 Å². The molecule has 0 spiro atoms. The van der Waals surface area contributed by atoms with E-state index in [0.717, 1.165) is 59.5 Å². The normalized spacial score (nSPS) is 15.5. The van der Waals surface area contributed by atoms with Crippen LogP contribution in [0.4, 0.5) is 5.69 Å². The third kappa shape index (κ3) is 5.52. The van der Waals surface area contributed by atoms with Crippen LogP contribution in [0.2, 0.25) is 0 Å². The Bertz CT molecular complexity index is 1040. The van der Waals surface area contributed by atoms with Crippen LogP contribution in [-0.2, 0) is 16.1 Å². The van der Waals surface area contributed by atoms with E-state index >= 15 is 0 Å². The van der Waals surface area contributed by atoms with E-state index in [1.807, 2.05) is 55.5 Å². The molecule has 3 aromatic rings. The Morgan fingerprint density at radius 3 is 2.65 bits per heavy atom. The van der Waals surface area contributed by atoms with Crippen LogP contribution in [0.5, 0.6) is 5.75 Å². The fraction of sp³-hybridized carbons (Fsp3) is 0.348. The van der Waals surface area contributed by atoms with Crippen molar-refractivity contribution in [3.05, 3.63) is 54.4 Å². The topological polar surface area (TPSA) is 76.6 Å². The highest BCUT2D eigenvalue weighted by atomic mass is 32.2. The molecule has 1 fully saturated rings. The molecule has 1 saturated heterocycles. The molecule has 0 unspecified atom stereocenters. The summed E-state index contributed by atoms with van der Waals surface area (Å²) in [4.78, 5) is 24.6. The molecular formula is C23H26N4O3S. The maximum atomic E-state index is 12.8. The second-order valence-corrected chi connectivity index (χ2v) is 8.66. The molecule has 1 amide bonds. The number of amides is 1. The van der Waals surface area contributed by atoms with Gasteiger partial charge in [-0.15, -0.1) is 0 Å². The monoisotopic (exact) mass is 438 g/mol. The molecule has 1 N–H and O–H groups in total. The molecule has 0 bridgehead atoms. The lowest BCUT2D eigenvalue weighted by Gasteiger charge is -2.26. The average Bonchev–Trinajstić information content (AvgIpc) is 2.80. The van der Waals surface area contributed by atoms with Gasteiger partial charge in [0.1, 0.15) is 16.6 Å². The number of fused-ring (bicyclic) bond motifs is 1. The number of para-hydroxylation sites is 1. The minimum absolute atomic E-state index is 0.0763. The summed E-state index contributed by atoms with van der Waals surface area (Å²) in [5, 5.41) is 4.42. The van der Waals surface area contributed by atoms with E-state index in [2.05, 4.69) is 10.2 Å². The number of morpholine rings is 1. The fourth-order valence-corrected chi connectivity index (χ4v) is 4.31. The number of methoxy groups -OCH3 is 1. The van der Waals surface area contributed by atoms with Crippen molar-refractivity contribution in [2.24, 2.45) is 0 Å². The van der Waals surface area contributed by atoms with Gasteiger partial charge >= 0.3 is 0 Å². The third-order valence-corrected chi connectivity index (χ3v) is 6.20. The van der Waals surface area contributed by atoms with Crippen LogP contribution in [0.15, 0.2) is 53.6 Å². The van der Waals surface area contributed by atoms with Gasteiger partial charge in [-0.3, -0.25) is 9.69 Å². The molecule has 8 heteroatoms. The third-order valence-electron chi connectivity index (χ3n) is 5.10. The molecule has 0 radical (unpaired) electrons. The van der Waals surface area contributed by atoms with Crippen LogP contribution in [0.1, 0.15) is 12.7 Å². The zero-order valence-corrected chi connectivity index (χ0v) is 18.5. The molecule has 7 nitrogen and oxygen atoms in total. The summed E-state index contributed by atoms with van der Waals surface area (Å²) in [7, 11) is 1.62. The molecule has 2 aromatic carbocycles. The van der Waals surface area contributed by atoms with E-state index < -0.39 is 0 Å². The lowest BCUT2D eigenvalue weighted by molar-refractivity contribution is -0.115. The SMILES string of the molecule is COc1ccc(NC(=O)[C@H](C)Sc2nc(CN3CCOCC3)nc3ccccc23)cc1. The number of hydrogen-bond donors (Lipinski definition) is 1. The first-order valence-corrected chi connectivity index (χ1v) is 11.2. The number of carbonyl (C=O) groups excluding carboxylic acids is 1. The van der Waals surface area contributed by atoms with Crippen molar-refractivity contribution in [3.63, 3.8) is 0 Å². The molecular weight excluding hydrogens is 412 g/mol. The van der Waals surface area contributed by atoms with Gasteiger partial charge in [-0.1, -0.05) is 30.0 Å². The molecule has 1 atom stereocenters. The largest absolute Gasteiger partial charge is 0.497 e. The van der Waals surface area contributed by atoms with Gasteiger partial charge in [0.05, 0.1) is 37.6 Å². The van der Waals surface area contributed by atoms with Crippen molar-refractivity contribution in [2.75, 3.05) is 38.7 Å². The smallest absolute Gasteiger partial charge is 0.237 e. The number of hydrogen-bond acceptors (Lipinski definition) is 7. The van der Waals surface area contributed by atoms with Gasteiger partial charge < -0.3 is 14.8 Å². The van der Waals surface area contributed by atoms with E-state index in [9.17, 15) is 4.79 Å². The second kappa shape index (κ2) is 10.1. The minimum Gasteiger partial charge on any atom is -0.497 e. The molecule has 2 heterocycles. The Balaban J connectivity index is 1.50. The highest BCUT2D eigenvalue weighted by Gasteiger charge is 2.19. The van der Waals surface area contributed by atoms with Gasteiger partial charge in [-0.25, -0.2) is 9.97 Å². The van der Waals surface area contributed by atoms with Crippen molar-refractivity contribution < 1.29 is 14.3 Å². The lowest BCUT2D eigenvalue weighted by atomic mass is 10.2. The number of benzene rings is 2. The van der Waals surface area contributed by atoms with Crippen molar-refractivity contribution in [3.8, 4) is 5.75 Å². The maximum Gasteiger partial charge on any atom is 0.237 e. The number of carbonyl (C=O) groups is 1. The van der Waals surface area contributed by atoms with E-state index in [-0.39, 0.29) is 11.2 Å². The van der Waals surface area contributed by atoms with Crippen LogP contribution < -0.4 is 10.1 Å². The van der Waals surface area contributed by atoms with Crippen LogP contribution in [-0.4, -0.2) is 59.4 Å². The molecule has 4 rings (SSSR count). The van der Waals surface area contributed by atoms with E-state index in [1.54, 1.807) is 7.11 Å². The molecule has 162 valence electrons. The number of aromatic nitrogens is 2. The molecule has 0 saturated carbocycles. The number of ether oxygens (including phenoxy) is 2. The van der Waals surface area contributed by atoms with Crippen molar-refractivity contribution in [1.29, 1.82) is 0 Å². The van der Waals surface area contributed by atoms with Gasteiger partial charge in [-0.05, 0) is 37.3 Å². The summed E-state index contributed by atoms with van der Waals surface area (Å²) < 4.78 is 10.6. The van der Waals surface area contributed by atoms with E-state index in [1.165, 1.54) is 11.8 Å². The van der Waals surface area contributed by atoms with Crippen LogP contribution in [0.3, 0.4) is 0 Å². The van der Waals surface area contributed by atoms with E-state index in [4.69, 9.17) is 19.4 Å².